The van der Waals surface area contributed by atoms with E-state index in [9.17, 15) is 4.79 Å². The number of allylic oxidation sites excluding steroid dienone is 2. The molecule has 1 N–H and O–H groups in total. The van der Waals surface area contributed by atoms with Crippen LogP contribution in [0.4, 0.5) is 5.95 Å². The Labute approximate surface area is 115 Å². The van der Waals surface area contributed by atoms with E-state index in [0.717, 1.165) is 11.5 Å². The summed E-state index contributed by atoms with van der Waals surface area (Å²) in [6.07, 6.45) is 5.77. The maximum absolute atomic E-state index is 12.5. The highest BCUT2D eigenvalue weighted by molar-refractivity contribution is 5.87. The normalized spacial score (nSPS) is 28.4. The van der Waals surface area contributed by atoms with Gasteiger partial charge in [0.25, 0.3) is 0 Å². The highest BCUT2D eigenvalue weighted by atomic mass is 16.3. The number of furan rings is 1. The number of ketones is 1. The average molecular weight is 270 g/mol. The molecule has 6 heteroatoms. The third-order valence-electron chi connectivity index (χ3n) is 3.91. The molecule has 0 fully saturated rings. The number of Topliss-reactive ketones (excluding diaryl/α,β-unsaturated/α-hetero) is 1. The number of anilines is 1. The average Bonchev–Trinajstić information content (AvgIpc) is 3.06. The fourth-order valence-corrected chi connectivity index (χ4v) is 3.11. The van der Waals surface area contributed by atoms with Crippen LogP contribution in [-0.2, 0) is 4.79 Å². The molecule has 2 aromatic heterocycles. The van der Waals surface area contributed by atoms with E-state index in [1.54, 1.807) is 10.9 Å². The Balaban J connectivity index is 1.90. The summed E-state index contributed by atoms with van der Waals surface area (Å²) in [7, 11) is 0. The van der Waals surface area contributed by atoms with Gasteiger partial charge in [0, 0.05) is 12.1 Å². The van der Waals surface area contributed by atoms with Gasteiger partial charge in [-0.2, -0.15) is 10.1 Å². The standard InChI is InChI=1S/C14H14N4O2/c1-8-5-9-12(10(19)6-8)13(11-3-2-4-20-11)18-14(17-9)15-7-16-18/h2-5,7-8,12-13H,6H2,1H3,(H,15,16,17)/t8-,12+,13+/m1/s1. The Bertz CT molecular complexity index is 686. The molecule has 0 bridgehead atoms. The Morgan fingerprint density at radius 2 is 2.40 bits per heavy atom. The summed E-state index contributed by atoms with van der Waals surface area (Å²) >= 11 is 0. The van der Waals surface area contributed by atoms with Crippen molar-refractivity contribution >= 4 is 11.7 Å². The monoisotopic (exact) mass is 270 g/mol. The van der Waals surface area contributed by atoms with Gasteiger partial charge in [0.1, 0.15) is 23.9 Å². The summed E-state index contributed by atoms with van der Waals surface area (Å²) in [5.41, 5.74) is 0.913. The number of carbonyl (C=O) groups excluding carboxylic acids is 1. The molecule has 6 nitrogen and oxygen atoms in total. The van der Waals surface area contributed by atoms with E-state index >= 15 is 0 Å². The topological polar surface area (TPSA) is 73.0 Å². The molecule has 0 unspecified atom stereocenters. The molecule has 102 valence electrons. The zero-order valence-corrected chi connectivity index (χ0v) is 11.0. The number of hydrogen-bond acceptors (Lipinski definition) is 5. The molecule has 0 amide bonds. The maximum Gasteiger partial charge on any atom is 0.226 e. The van der Waals surface area contributed by atoms with Crippen LogP contribution in [0.2, 0.25) is 0 Å². The van der Waals surface area contributed by atoms with Gasteiger partial charge < -0.3 is 9.73 Å². The molecular weight excluding hydrogens is 256 g/mol. The van der Waals surface area contributed by atoms with E-state index in [0.29, 0.717) is 12.4 Å². The van der Waals surface area contributed by atoms with Crippen LogP contribution in [0.3, 0.4) is 0 Å². The van der Waals surface area contributed by atoms with Crippen molar-refractivity contribution in [2.75, 3.05) is 5.32 Å². The van der Waals surface area contributed by atoms with Crippen molar-refractivity contribution in [2.24, 2.45) is 11.8 Å². The van der Waals surface area contributed by atoms with E-state index in [1.807, 2.05) is 19.1 Å². The first-order valence-electron chi connectivity index (χ1n) is 6.68. The largest absolute Gasteiger partial charge is 0.467 e. The van der Waals surface area contributed by atoms with Crippen LogP contribution in [0, 0.1) is 11.8 Å². The number of carbonyl (C=O) groups is 1. The molecule has 2 aliphatic rings. The van der Waals surface area contributed by atoms with Crippen molar-refractivity contribution in [1.29, 1.82) is 0 Å². The Morgan fingerprint density at radius 1 is 1.50 bits per heavy atom. The fourth-order valence-electron chi connectivity index (χ4n) is 3.11. The van der Waals surface area contributed by atoms with Gasteiger partial charge in [-0.15, -0.1) is 0 Å². The minimum absolute atomic E-state index is 0.213. The first-order valence-corrected chi connectivity index (χ1v) is 6.68. The van der Waals surface area contributed by atoms with Crippen molar-refractivity contribution in [3.05, 3.63) is 42.3 Å². The van der Waals surface area contributed by atoms with Gasteiger partial charge in [0.2, 0.25) is 5.95 Å². The molecule has 2 aromatic rings. The van der Waals surface area contributed by atoms with Gasteiger partial charge in [-0.3, -0.25) is 4.79 Å². The number of fused-ring (bicyclic) bond motifs is 2. The highest BCUT2D eigenvalue weighted by Gasteiger charge is 2.43. The predicted molar refractivity (Wildman–Crippen MR) is 70.9 cm³/mol. The molecule has 0 radical (unpaired) electrons. The summed E-state index contributed by atoms with van der Waals surface area (Å²) < 4.78 is 7.26. The molecule has 20 heavy (non-hydrogen) atoms. The van der Waals surface area contributed by atoms with Crippen LogP contribution in [-0.4, -0.2) is 20.5 Å². The highest BCUT2D eigenvalue weighted by Crippen LogP contribution is 2.41. The molecular formula is C14H14N4O2. The minimum atomic E-state index is -0.272. The second-order valence-corrected chi connectivity index (χ2v) is 5.36. The molecule has 3 heterocycles. The molecule has 3 atom stereocenters. The van der Waals surface area contributed by atoms with Crippen LogP contribution < -0.4 is 5.32 Å². The molecule has 4 rings (SSSR count). The lowest BCUT2D eigenvalue weighted by atomic mass is 9.79. The second-order valence-electron chi connectivity index (χ2n) is 5.36. The van der Waals surface area contributed by atoms with Gasteiger partial charge in [-0.1, -0.05) is 13.0 Å². The third-order valence-corrected chi connectivity index (χ3v) is 3.91. The predicted octanol–water partition coefficient (Wildman–Crippen LogP) is 1.99. The first-order chi connectivity index (χ1) is 9.74. The van der Waals surface area contributed by atoms with Crippen molar-refractivity contribution in [3.8, 4) is 0 Å². The lowest BCUT2D eigenvalue weighted by Crippen LogP contribution is -2.39. The zero-order chi connectivity index (χ0) is 13.7. The number of hydrogen-bond donors (Lipinski definition) is 1. The van der Waals surface area contributed by atoms with Crippen LogP contribution in [0.15, 0.2) is 40.9 Å². The molecule has 0 spiro atoms. The van der Waals surface area contributed by atoms with Gasteiger partial charge in [-0.05, 0) is 18.1 Å². The number of aromatic nitrogens is 3. The fraction of sp³-hybridized carbons (Fsp3) is 0.357. The smallest absolute Gasteiger partial charge is 0.226 e. The van der Waals surface area contributed by atoms with Crippen molar-refractivity contribution in [1.82, 2.24) is 14.8 Å². The number of nitrogens with zero attached hydrogens (tertiary/aromatic N) is 3. The maximum atomic E-state index is 12.5. The molecule has 0 saturated heterocycles. The van der Waals surface area contributed by atoms with Crippen LogP contribution in [0.5, 0.6) is 0 Å². The summed E-state index contributed by atoms with van der Waals surface area (Å²) in [5, 5.41) is 7.46. The lowest BCUT2D eigenvalue weighted by molar-refractivity contribution is -0.124. The number of nitrogens with one attached hydrogen (secondary N) is 1. The first kappa shape index (κ1) is 11.5. The van der Waals surface area contributed by atoms with Gasteiger partial charge in [0.05, 0.1) is 12.2 Å². The SMILES string of the molecule is C[C@@H]1C=C2Nc3ncnn3[C@@H](c3ccco3)[C@@H]2C(=O)C1. The molecule has 0 saturated carbocycles. The van der Waals surface area contributed by atoms with Crippen molar-refractivity contribution in [3.63, 3.8) is 0 Å². The molecule has 0 aromatic carbocycles. The molecule has 1 aliphatic heterocycles. The Hall–Kier alpha value is -2.37. The van der Waals surface area contributed by atoms with E-state index in [-0.39, 0.29) is 23.7 Å². The van der Waals surface area contributed by atoms with Gasteiger partial charge in [-0.25, -0.2) is 4.68 Å². The van der Waals surface area contributed by atoms with Crippen LogP contribution >= 0.6 is 0 Å². The third kappa shape index (κ3) is 1.54. The minimum Gasteiger partial charge on any atom is -0.467 e. The van der Waals surface area contributed by atoms with Gasteiger partial charge >= 0.3 is 0 Å². The quantitative estimate of drug-likeness (QED) is 0.858. The summed E-state index contributed by atoms with van der Waals surface area (Å²) in [5.74, 6) is 1.57. The second kappa shape index (κ2) is 4.06. The van der Waals surface area contributed by atoms with E-state index in [2.05, 4.69) is 21.5 Å². The summed E-state index contributed by atoms with van der Waals surface area (Å²) in [4.78, 5) is 16.7. The number of rotatable bonds is 1. The summed E-state index contributed by atoms with van der Waals surface area (Å²) in [6.45, 7) is 2.05. The zero-order valence-electron chi connectivity index (χ0n) is 11.0. The van der Waals surface area contributed by atoms with Crippen LogP contribution in [0.25, 0.3) is 0 Å². The van der Waals surface area contributed by atoms with Crippen molar-refractivity contribution in [2.45, 2.75) is 19.4 Å². The van der Waals surface area contributed by atoms with Crippen molar-refractivity contribution < 1.29 is 9.21 Å². The summed E-state index contributed by atoms with van der Waals surface area (Å²) in [6, 6.07) is 3.45. The van der Waals surface area contributed by atoms with E-state index < -0.39 is 0 Å². The van der Waals surface area contributed by atoms with E-state index in [1.165, 1.54) is 6.33 Å². The Morgan fingerprint density at radius 3 is 3.20 bits per heavy atom. The Kier molecular flexibility index (Phi) is 2.33. The van der Waals surface area contributed by atoms with E-state index in [4.69, 9.17) is 4.42 Å². The van der Waals surface area contributed by atoms with Crippen LogP contribution in [0.1, 0.15) is 25.1 Å². The van der Waals surface area contributed by atoms with Gasteiger partial charge in [0.15, 0.2) is 0 Å². The lowest BCUT2D eigenvalue weighted by Gasteiger charge is -2.36. The molecule has 1 aliphatic carbocycles.